The zero-order valence-corrected chi connectivity index (χ0v) is 38.6. The molecule has 0 aromatic heterocycles. The number of carbonyl (C=O) groups is 5. The zero-order chi connectivity index (χ0) is 49.0. The van der Waals surface area contributed by atoms with E-state index in [0.29, 0.717) is 29.2 Å². The molecule has 0 radical (unpaired) electrons. The van der Waals surface area contributed by atoms with Gasteiger partial charge in [0.05, 0.1) is 29.2 Å². The van der Waals surface area contributed by atoms with E-state index in [0.717, 1.165) is 36.1 Å². The largest absolute Gasteiger partial charge is 0.325 e. The van der Waals surface area contributed by atoms with Crippen LogP contribution in [-0.4, -0.2) is 54.1 Å². The van der Waals surface area contributed by atoms with Gasteiger partial charge < -0.3 is 5.32 Å². The second kappa shape index (κ2) is 25.2. The number of nitrogens with one attached hydrogen (secondary N) is 1. The highest BCUT2D eigenvalue weighted by atomic mass is 16.2. The zero-order valence-electron chi connectivity index (χ0n) is 38.6. The second-order valence-electron chi connectivity index (χ2n) is 15.6. The molecule has 9 rings (SSSR count). The molecule has 3 aliphatic rings. The smallest absolute Gasteiger partial charge is 0.265 e. The molecule has 3 heterocycles. The van der Waals surface area contributed by atoms with Crippen molar-refractivity contribution in [2.24, 2.45) is 32.1 Å². The Morgan fingerprint density at radius 3 is 1.58 bits per heavy atom. The van der Waals surface area contributed by atoms with E-state index in [1.807, 2.05) is 140 Å². The van der Waals surface area contributed by atoms with Gasteiger partial charge in [0.2, 0.25) is 12.0 Å². The molecule has 2 atom stereocenters. The fraction of sp³-hybridized carbons (Fsp3) is 0.182. The molecule has 0 aliphatic carbocycles. The number of carbonyl (C=O) groups excluding carboxylic acids is 6. The maximum atomic E-state index is 12.5. The topological polar surface area (TPSA) is 174 Å². The minimum absolute atomic E-state index is 0.0289. The van der Waals surface area contributed by atoms with Gasteiger partial charge >= 0.3 is 0 Å². The van der Waals surface area contributed by atoms with E-state index >= 15 is 0 Å². The summed E-state index contributed by atoms with van der Waals surface area (Å²) >= 11 is 0. The molecule has 2 unspecified atom stereocenters. The van der Waals surface area contributed by atoms with Crippen LogP contribution in [0.5, 0.6) is 0 Å². The molecule has 1 N–H and O–H groups in total. The van der Waals surface area contributed by atoms with Crippen LogP contribution in [0.3, 0.4) is 0 Å². The lowest BCUT2D eigenvalue weighted by Gasteiger charge is -2.14. The van der Waals surface area contributed by atoms with Crippen molar-refractivity contribution in [2.75, 3.05) is 20.3 Å². The minimum atomic E-state index is -0.902. The van der Waals surface area contributed by atoms with Crippen LogP contribution in [0.15, 0.2) is 184 Å². The number of anilines is 4. The number of ketones is 1. The van der Waals surface area contributed by atoms with Gasteiger partial charge in [0.25, 0.3) is 17.7 Å². The standard InChI is InChI=1S/C19H18N2O2.C18H17N3O2.C9H8N2O.C9H9NO/c1-2-14-7-6-8-15(11-14)12-18(22)17-13-20-21(19(17)23)16-9-4-3-5-10-16;1-2-13-7-6-8-14(11-13)20-17(22)16-12-19-21(18(16)23)15-9-4-3-5-10-15;12-9-6-7-10-11(9)8-4-2-1-3-5-8;1-2-8-4-3-5-9(6-8)10-7-11/h3-11,13,17H,2,12H2,1H3;3-12,16H,2H2,1H3,(H,20,22);1-5,7H,6H2;3-6H,2H2,1H3. The molecule has 14 heteroatoms. The lowest BCUT2D eigenvalue weighted by atomic mass is 9.97. The number of hydrogen-bond acceptors (Lipinski definition) is 10. The highest BCUT2D eigenvalue weighted by molar-refractivity contribution is 6.24. The lowest BCUT2D eigenvalue weighted by molar-refractivity contribution is -0.129. The average molecular weight is 921 g/mol. The molecule has 3 aliphatic heterocycles. The maximum absolute atomic E-state index is 12.5. The van der Waals surface area contributed by atoms with Crippen LogP contribution in [0.25, 0.3) is 0 Å². The summed E-state index contributed by atoms with van der Waals surface area (Å²) in [5.74, 6) is -2.79. The fourth-order valence-corrected chi connectivity index (χ4v) is 7.09. The van der Waals surface area contributed by atoms with Crippen LogP contribution in [0.2, 0.25) is 0 Å². The highest BCUT2D eigenvalue weighted by Gasteiger charge is 2.36. The van der Waals surface area contributed by atoms with Crippen LogP contribution < -0.4 is 20.3 Å². The number of rotatable bonds is 12. The molecule has 0 spiro atoms. The van der Waals surface area contributed by atoms with Crippen molar-refractivity contribution in [3.8, 4) is 0 Å². The number of hydrogen-bond donors (Lipinski definition) is 1. The normalized spacial score (nSPS) is 15.3. The van der Waals surface area contributed by atoms with Gasteiger partial charge in [-0.25, -0.2) is 19.8 Å². The second-order valence-corrected chi connectivity index (χ2v) is 15.6. The van der Waals surface area contributed by atoms with Crippen molar-refractivity contribution in [1.82, 2.24) is 0 Å². The SMILES string of the molecule is CCc1cccc(CC(=O)C2C=NN(c3ccccc3)C2=O)c1.CCc1cccc(N=C=O)c1.CCc1cccc(NC(=O)C2C=NN(c3ccccc3)C2=O)c1.O=C1CC=NN1c1ccccc1. The van der Waals surface area contributed by atoms with Crippen molar-refractivity contribution < 1.29 is 28.8 Å². The summed E-state index contributed by atoms with van der Waals surface area (Å²) in [4.78, 5) is 74.2. The van der Waals surface area contributed by atoms with Crippen molar-refractivity contribution in [1.29, 1.82) is 0 Å². The van der Waals surface area contributed by atoms with Crippen LogP contribution in [0.1, 0.15) is 49.4 Å². The first-order chi connectivity index (χ1) is 33.6. The van der Waals surface area contributed by atoms with E-state index < -0.39 is 11.8 Å². The Hall–Kier alpha value is -8.74. The predicted molar refractivity (Wildman–Crippen MR) is 271 cm³/mol. The number of nitrogens with zero attached hydrogens (tertiary/aromatic N) is 7. The van der Waals surface area contributed by atoms with Crippen molar-refractivity contribution in [3.05, 3.63) is 186 Å². The summed E-state index contributed by atoms with van der Waals surface area (Å²) in [6.45, 7) is 6.18. The Bertz CT molecular complexity index is 2730. The summed E-state index contributed by atoms with van der Waals surface area (Å²) in [6, 6.07) is 50.7. The van der Waals surface area contributed by atoms with Crippen molar-refractivity contribution >= 4 is 82.6 Å². The molecule has 14 nitrogen and oxygen atoms in total. The number of hydrazone groups is 3. The summed E-state index contributed by atoms with van der Waals surface area (Å²) in [5.41, 5.74) is 7.96. The van der Waals surface area contributed by atoms with E-state index in [-0.39, 0.29) is 35.8 Å². The lowest BCUT2D eigenvalue weighted by Crippen LogP contribution is -2.34. The predicted octanol–water partition coefficient (Wildman–Crippen LogP) is 9.47. The fourth-order valence-electron chi connectivity index (χ4n) is 7.09. The Kier molecular flexibility index (Phi) is 18.2. The number of para-hydroxylation sites is 3. The molecule has 69 heavy (non-hydrogen) atoms. The molecule has 0 saturated heterocycles. The molecule has 348 valence electrons. The van der Waals surface area contributed by atoms with Crippen LogP contribution in [-0.2, 0) is 54.5 Å². The Balaban J connectivity index is 0.000000159. The van der Waals surface area contributed by atoms with Crippen molar-refractivity contribution in [3.63, 3.8) is 0 Å². The molecular weight excluding hydrogens is 869 g/mol. The van der Waals surface area contributed by atoms with E-state index in [2.05, 4.69) is 39.5 Å². The van der Waals surface area contributed by atoms with Gasteiger partial charge in [0.15, 0.2) is 11.7 Å². The summed E-state index contributed by atoms with van der Waals surface area (Å²) in [7, 11) is 0. The van der Waals surface area contributed by atoms with Gasteiger partial charge in [-0.1, -0.05) is 124 Å². The van der Waals surface area contributed by atoms with Gasteiger partial charge in [-0.05, 0) is 102 Å². The third kappa shape index (κ3) is 13.9. The molecule has 0 fully saturated rings. The molecule has 0 bridgehead atoms. The number of benzene rings is 6. The van der Waals surface area contributed by atoms with Crippen LogP contribution in [0, 0.1) is 11.8 Å². The van der Waals surface area contributed by atoms with E-state index in [1.54, 1.807) is 36.5 Å². The Morgan fingerprint density at radius 2 is 1.04 bits per heavy atom. The molecule has 6 aromatic carbocycles. The van der Waals surface area contributed by atoms with Gasteiger partial charge in [0.1, 0.15) is 5.92 Å². The van der Waals surface area contributed by atoms with Gasteiger partial charge in [-0.2, -0.15) is 20.3 Å². The molecule has 4 amide bonds. The number of isocyanates is 1. The number of Topliss-reactive ketones (excluding diaryl/α,β-unsaturated/α-hetero) is 1. The number of aryl methyl sites for hydroxylation is 3. The van der Waals surface area contributed by atoms with Crippen LogP contribution in [0.4, 0.5) is 28.4 Å². The monoisotopic (exact) mass is 920 g/mol. The first-order valence-electron chi connectivity index (χ1n) is 22.6. The first kappa shape index (κ1) is 49.7. The van der Waals surface area contributed by atoms with Gasteiger partial charge in [-0.3, -0.25) is 24.0 Å². The average Bonchev–Trinajstić information content (AvgIpc) is 4.13. The molecule has 6 aromatic rings. The van der Waals surface area contributed by atoms with Gasteiger partial charge in [0, 0.05) is 30.8 Å². The third-order valence-corrected chi connectivity index (χ3v) is 10.8. The Morgan fingerprint density at radius 1 is 0.565 bits per heavy atom. The third-order valence-electron chi connectivity index (χ3n) is 10.8. The molecule has 0 saturated carbocycles. The summed E-state index contributed by atoms with van der Waals surface area (Å²) in [6.07, 6.45) is 9.39. The minimum Gasteiger partial charge on any atom is -0.325 e. The quantitative estimate of drug-likeness (QED) is 0.0727. The summed E-state index contributed by atoms with van der Waals surface area (Å²) in [5, 5.41) is 18.9. The van der Waals surface area contributed by atoms with Gasteiger partial charge in [-0.15, -0.1) is 0 Å². The number of amides is 4. The highest BCUT2D eigenvalue weighted by Crippen LogP contribution is 2.24. The maximum Gasteiger partial charge on any atom is 0.265 e. The molecular formula is C55H52N8O6. The Labute approximate surface area is 401 Å². The van der Waals surface area contributed by atoms with Crippen LogP contribution >= 0.6 is 0 Å². The first-order valence-corrected chi connectivity index (χ1v) is 22.6. The van der Waals surface area contributed by atoms with E-state index in [4.69, 9.17) is 0 Å². The number of aliphatic imine (C=N–C) groups is 1. The van der Waals surface area contributed by atoms with Crippen molar-refractivity contribution in [2.45, 2.75) is 52.9 Å². The van der Waals surface area contributed by atoms with E-state index in [9.17, 15) is 28.8 Å². The van der Waals surface area contributed by atoms with E-state index in [1.165, 1.54) is 44.7 Å². The summed E-state index contributed by atoms with van der Waals surface area (Å²) < 4.78 is 0.